The van der Waals surface area contributed by atoms with Gasteiger partial charge in [0.15, 0.2) is 5.15 Å². The molecule has 1 unspecified atom stereocenters. The topological polar surface area (TPSA) is 42.7 Å². The van der Waals surface area contributed by atoms with Crippen LogP contribution in [0.5, 0.6) is 0 Å². The average Bonchev–Trinajstić information content (AvgIpc) is 2.69. The summed E-state index contributed by atoms with van der Waals surface area (Å²) in [6.07, 6.45) is 3.67. The van der Waals surface area contributed by atoms with E-state index in [1.54, 1.807) is 12.3 Å². The van der Waals surface area contributed by atoms with Crippen LogP contribution in [0.3, 0.4) is 0 Å². The van der Waals surface area contributed by atoms with E-state index in [4.69, 9.17) is 23.2 Å². The fraction of sp³-hybridized carbons (Fsp3) is 0.333. The van der Waals surface area contributed by atoms with Crippen molar-refractivity contribution in [3.63, 3.8) is 0 Å². The van der Waals surface area contributed by atoms with Crippen LogP contribution in [0.4, 0.5) is 5.69 Å². The monoisotopic (exact) mass is 284 g/mol. The van der Waals surface area contributed by atoms with Gasteiger partial charge < -0.3 is 9.88 Å². The zero-order valence-electron chi connectivity index (χ0n) is 10.4. The predicted octanol–water partition coefficient (Wildman–Crippen LogP) is 3.60. The quantitative estimate of drug-likeness (QED) is 0.876. The minimum Gasteiger partial charge on any atom is -0.373 e. The molecule has 0 saturated heterocycles. The minimum atomic E-state index is 0.0316. The molecule has 0 aromatic carbocycles. The number of hydrogen-bond acceptors (Lipinski definition) is 3. The Bertz CT molecular complexity index is 542. The van der Waals surface area contributed by atoms with Gasteiger partial charge >= 0.3 is 0 Å². The number of nitrogens with one attached hydrogen (secondary N) is 1. The zero-order valence-corrected chi connectivity index (χ0v) is 11.9. The molecule has 6 heteroatoms. The molecule has 1 N–H and O–H groups in total. The molecule has 0 fully saturated rings. The van der Waals surface area contributed by atoms with Gasteiger partial charge in [-0.05, 0) is 25.5 Å². The highest BCUT2D eigenvalue weighted by molar-refractivity contribution is 6.34. The average molecular weight is 285 g/mol. The van der Waals surface area contributed by atoms with E-state index in [9.17, 15) is 0 Å². The molecule has 0 aliphatic rings. The minimum absolute atomic E-state index is 0.0316. The number of aryl methyl sites for hydroxylation is 2. The lowest BCUT2D eigenvalue weighted by Gasteiger charge is -2.17. The first kappa shape index (κ1) is 13.2. The summed E-state index contributed by atoms with van der Waals surface area (Å²) in [5.74, 6) is 0.931. The van der Waals surface area contributed by atoms with Crippen LogP contribution in [-0.4, -0.2) is 14.5 Å². The van der Waals surface area contributed by atoms with E-state index < -0.39 is 0 Å². The summed E-state index contributed by atoms with van der Waals surface area (Å²) in [4.78, 5) is 8.33. The molecule has 2 heterocycles. The van der Waals surface area contributed by atoms with Crippen LogP contribution < -0.4 is 5.32 Å². The van der Waals surface area contributed by atoms with Gasteiger partial charge in [-0.3, -0.25) is 0 Å². The Balaban J connectivity index is 2.27. The number of pyridine rings is 1. The molecule has 0 aliphatic carbocycles. The first-order valence-electron chi connectivity index (χ1n) is 5.55. The Kier molecular flexibility index (Phi) is 3.78. The molecule has 4 nitrogen and oxygen atoms in total. The number of imidazole rings is 1. The summed E-state index contributed by atoms with van der Waals surface area (Å²) in [5.41, 5.74) is 1.75. The molecule has 2 aromatic rings. The van der Waals surface area contributed by atoms with Crippen LogP contribution in [0.15, 0.2) is 18.5 Å². The number of halogens is 2. The standard InChI is InChI=1S/C12H14Cl2N4/c1-7-6-9(13)17-11(14)10(7)16-8(2)12-15-4-5-18(12)3/h4-6,8,16H,1-3H3. The maximum atomic E-state index is 6.09. The summed E-state index contributed by atoms with van der Waals surface area (Å²) < 4.78 is 1.96. The maximum absolute atomic E-state index is 6.09. The molecule has 96 valence electrons. The summed E-state index contributed by atoms with van der Waals surface area (Å²) in [6, 6.07) is 1.81. The fourth-order valence-corrected chi connectivity index (χ4v) is 2.43. The summed E-state index contributed by atoms with van der Waals surface area (Å²) >= 11 is 11.9. The lowest BCUT2D eigenvalue weighted by molar-refractivity contribution is 0.721. The van der Waals surface area contributed by atoms with Crippen molar-refractivity contribution in [3.8, 4) is 0 Å². The van der Waals surface area contributed by atoms with Crippen LogP contribution in [0.25, 0.3) is 0 Å². The Hall–Kier alpha value is -1.26. The van der Waals surface area contributed by atoms with E-state index in [1.165, 1.54) is 0 Å². The van der Waals surface area contributed by atoms with Crippen molar-refractivity contribution in [1.29, 1.82) is 0 Å². The molecule has 0 radical (unpaired) electrons. The normalized spacial score (nSPS) is 12.5. The van der Waals surface area contributed by atoms with Crippen molar-refractivity contribution < 1.29 is 0 Å². The fourth-order valence-electron chi connectivity index (χ4n) is 1.84. The molecule has 2 aromatic heterocycles. The Morgan fingerprint density at radius 3 is 2.67 bits per heavy atom. The highest BCUT2D eigenvalue weighted by atomic mass is 35.5. The van der Waals surface area contributed by atoms with E-state index in [2.05, 4.69) is 15.3 Å². The van der Waals surface area contributed by atoms with Crippen molar-refractivity contribution in [2.24, 2.45) is 7.05 Å². The van der Waals surface area contributed by atoms with E-state index in [-0.39, 0.29) is 6.04 Å². The van der Waals surface area contributed by atoms with E-state index >= 15 is 0 Å². The second-order valence-electron chi connectivity index (χ2n) is 4.19. The van der Waals surface area contributed by atoms with Gasteiger partial charge in [-0.2, -0.15) is 0 Å². The molecular weight excluding hydrogens is 271 g/mol. The van der Waals surface area contributed by atoms with E-state index in [1.807, 2.05) is 31.7 Å². The number of aromatic nitrogens is 3. The summed E-state index contributed by atoms with van der Waals surface area (Å²) in [5, 5.41) is 4.08. The number of anilines is 1. The van der Waals surface area contributed by atoms with Crippen LogP contribution >= 0.6 is 23.2 Å². The molecular formula is C12H14Cl2N4. The van der Waals surface area contributed by atoms with Gasteiger partial charge in [0.05, 0.1) is 11.7 Å². The van der Waals surface area contributed by atoms with Crippen LogP contribution in [0, 0.1) is 6.92 Å². The third-order valence-electron chi connectivity index (χ3n) is 2.75. The van der Waals surface area contributed by atoms with Crippen molar-refractivity contribution in [2.45, 2.75) is 19.9 Å². The number of nitrogens with zero attached hydrogens (tertiary/aromatic N) is 3. The molecule has 18 heavy (non-hydrogen) atoms. The smallest absolute Gasteiger partial charge is 0.154 e. The Morgan fingerprint density at radius 2 is 2.11 bits per heavy atom. The van der Waals surface area contributed by atoms with Crippen molar-refractivity contribution >= 4 is 28.9 Å². The van der Waals surface area contributed by atoms with Crippen LogP contribution in [-0.2, 0) is 7.05 Å². The summed E-state index contributed by atoms with van der Waals surface area (Å²) in [7, 11) is 1.95. The lowest BCUT2D eigenvalue weighted by atomic mass is 10.2. The van der Waals surface area contributed by atoms with Crippen LogP contribution in [0.2, 0.25) is 10.3 Å². The molecule has 0 amide bonds. The van der Waals surface area contributed by atoms with Gasteiger partial charge in [0.25, 0.3) is 0 Å². The van der Waals surface area contributed by atoms with Gasteiger partial charge in [0.2, 0.25) is 0 Å². The summed E-state index contributed by atoms with van der Waals surface area (Å²) in [6.45, 7) is 3.96. The molecule has 0 saturated carbocycles. The van der Waals surface area contributed by atoms with Crippen molar-refractivity contribution in [3.05, 3.63) is 40.2 Å². The SMILES string of the molecule is Cc1cc(Cl)nc(Cl)c1NC(C)c1nccn1C. The number of rotatable bonds is 3. The molecule has 0 aliphatic heterocycles. The van der Waals surface area contributed by atoms with Crippen molar-refractivity contribution in [2.75, 3.05) is 5.32 Å². The molecule has 2 rings (SSSR count). The first-order chi connectivity index (χ1) is 8.49. The number of hydrogen-bond donors (Lipinski definition) is 1. The van der Waals surface area contributed by atoms with Gasteiger partial charge in [0.1, 0.15) is 11.0 Å². The highest BCUT2D eigenvalue weighted by Gasteiger charge is 2.14. The van der Waals surface area contributed by atoms with Gasteiger partial charge in [-0.25, -0.2) is 9.97 Å². The second kappa shape index (κ2) is 5.16. The maximum Gasteiger partial charge on any atom is 0.154 e. The van der Waals surface area contributed by atoms with Gasteiger partial charge in [-0.1, -0.05) is 23.2 Å². The molecule has 1 atom stereocenters. The third kappa shape index (κ3) is 2.60. The lowest BCUT2D eigenvalue weighted by Crippen LogP contribution is -2.13. The largest absolute Gasteiger partial charge is 0.373 e. The van der Waals surface area contributed by atoms with Gasteiger partial charge in [0, 0.05) is 19.4 Å². The Labute approximate surface area is 116 Å². The molecule has 0 bridgehead atoms. The predicted molar refractivity (Wildman–Crippen MR) is 74.2 cm³/mol. The van der Waals surface area contributed by atoms with E-state index in [0.717, 1.165) is 17.1 Å². The van der Waals surface area contributed by atoms with Crippen LogP contribution in [0.1, 0.15) is 24.4 Å². The zero-order chi connectivity index (χ0) is 13.3. The van der Waals surface area contributed by atoms with Crippen molar-refractivity contribution in [1.82, 2.24) is 14.5 Å². The first-order valence-corrected chi connectivity index (χ1v) is 6.31. The second-order valence-corrected chi connectivity index (χ2v) is 4.94. The molecule has 0 spiro atoms. The van der Waals surface area contributed by atoms with Gasteiger partial charge in [-0.15, -0.1) is 0 Å². The van der Waals surface area contributed by atoms with E-state index in [0.29, 0.717) is 10.3 Å². The Morgan fingerprint density at radius 1 is 1.39 bits per heavy atom. The highest BCUT2D eigenvalue weighted by Crippen LogP contribution is 2.29. The third-order valence-corrected chi connectivity index (χ3v) is 3.21.